The van der Waals surface area contributed by atoms with Crippen LogP contribution in [0, 0.1) is 0 Å². The summed E-state index contributed by atoms with van der Waals surface area (Å²) in [7, 11) is 3.79. The fraction of sp³-hybridized carbons (Fsp3) is 0.303. The number of urea groups is 1. The number of hydrogen-bond acceptors (Lipinski definition) is 6. The molecule has 3 aromatic carbocycles. The van der Waals surface area contributed by atoms with Crippen LogP contribution in [0.5, 0.6) is 5.75 Å². The summed E-state index contributed by atoms with van der Waals surface area (Å²) in [5.41, 5.74) is 3.35. The molecule has 0 saturated carbocycles. The van der Waals surface area contributed by atoms with Gasteiger partial charge in [0.2, 0.25) is 11.8 Å². The van der Waals surface area contributed by atoms with E-state index in [0.717, 1.165) is 22.4 Å². The molecule has 11 heteroatoms. The van der Waals surface area contributed by atoms with Crippen molar-refractivity contribution in [1.29, 1.82) is 0 Å². The van der Waals surface area contributed by atoms with Crippen molar-refractivity contribution in [2.75, 3.05) is 38.6 Å². The van der Waals surface area contributed by atoms with Crippen LogP contribution < -0.4 is 10.2 Å². The first-order chi connectivity index (χ1) is 21.2. The number of carbonyl (C=O) groups excluding carboxylic acids is 3. The Morgan fingerprint density at radius 2 is 1.77 bits per heavy atom. The average Bonchev–Trinajstić information content (AvgIpc) is 2.99. The largest absolute Gasteiger partial charge is 0.508 e. The molecule has 5 rings (SSSR count). The standard InChI is InChI=1S/C33H37ClN6O4/c1-4-17-38-22-30(42)39-28(18-23-13-15-26(41)16-14-23)32(43)37(20-25-11-8-12-27(34)31(25)36(2)3)21-29(39)40(38)33(44)35-19-24-9-6-5-7-10-24/h4-16,28-29,41H,1,17-22H2,2-3H3,(H,35,44)/t28-,29-/m0/s1. The number of hydrazine groups is 1. The third kappa shape index (κ3) is 6.51. The van der Waals surface area contributed by atoms with Gasteiger partial charge in [0.25, 0.3) is 0 Å². The van der Waals surface area contributed by atoms with Gasteiger partial charge in [-0.2, -0.15) is 0 Å². The Kier molecular flexibility index (Phi) is 9.41. The number of halogens is 1. The number of hydrogen-bond donors (Lipinski definition) is 2. The van der Waals surface area contributed by atoms with Gasteiger partial charge in [-0.15, -0.1) is 6.58 Å². The Morgan fingerprint density at radius 1 is 1.05 bits per heavy atom. The monoisotopic (exact) mass is 616 g/mol. The normalized spacial score (nSPS) is 18.7. The molecular formula is C33H37ClN6O4. The highest BCUT2D eigenvalue weighted by Gasteiger charge is 2.51. The topological polar surface area (TPSA) is 99.7 Å². The highest BCUT2D eigenvalue weighted by atomic mass is 35.5. The molecule has 10 nitrogen and oxygen atoms in total. The smallest absolute Gasteiger partial charge is 0.334 e. The van der Waals surface area contributed by atoms with Crippen molar-refractivity contribution in [3.05, 3.63) is 107 Å². The lowest BCUT2D eigenvalue weighted by molar-refractivity contribution is -0.189. The van der Waals surface area contributed by atoms with Gasteiger partial charge in [0.15, 0.2) is 0 Å². The van der Waals surface area contributed by atoms with Crippen molar-refractivity contribution in [2.24, 2.45) is 0 Å². The summed E-state index contributed by atoms with van der Waals surface area (Å²) >= 11 is 6.57. The van der Waals surface area contributed by atoms with E-state index in [1.807, 2.05) is 61.5 Å². The van der Waals surface area contributed by atoms with Crippen LogP contribution in [0.2, 0.25) is 5.02 Å². The zero-order chi connectivity index (χ0) is 31.4. The van der Waals surface area contributed by atoms with Gasteiger partial charge in [0.05, 0.1) is 23.8 Å². The minimum Gasteiger partial charge on any atom is -0.508 e. The molecule has 4 amide bonds. The zero-order valence-electron chi connectivity index (χ0n) is 24.9. The number of piperazine rings is 1. The van der Waals surface area contributed by atoms with Gasteiger partial charge in [0.1, 0.15) is 18.0 Å². The summed E-state index contributed by atoms with van der Waals surface area (Å²) in [6.45, 7) is 4.66. The molecule has 0 aromatic heterocycles. The first-order valence-electron chi connectivity index (χ1n) is 14.5. The molecule has 44 heavy (non-hydrogen) atoms. The molecule has 2 N–H and O–H groups in total. The van der Waals surface area contributed by atoms with Crippen molar-refractivity contribution in [3.63, 3.8) is 0 Å². The predicted octanol–water partition coefficient (Wildman–Crippen LogP) is 3.85. The number of rotatable bonds is 9. The quantitative estimate of drug-likeness (QED) is 0.355. The summed E-state index contributed by atoms with van der Waals surface area (Å²) in [4.78, 5) is 47.1. The van der Waals surface area contributed by atoms with Crippen LogP contribution in [0.3, 0.4) is 0 Å². The number of phenols is 1. The van der Waals surface area contributed by atoms with E-state index in [1.165, 1.54) is 0 Å². The number of amides is 4. The molecule has 0 bridgehead atoms. The molecular weight excluding hydrogens is 580 g/mol. The van der Waals surface area contributed by atoms with Gasteiger partial charge >= 0.3 is 6.03 Å². The molecule has 230 valence electrons. The van der Waals surface area contributed by atoms with E-state index in [9.17, 15) is 19.5 Å². The number of nitrogens with zero attached hydrogens (tertiary/aromatic N) is 5. The van der Waals surface area contributed by atoms with Crippen LogP contribution in [0.4, 0.5) is 10.5 Å². The fourth-order valence-corrected chi connectivity index (χ4v) is 6.31. The number of phenolic OH excluding ortho intramolecular Hbond substituents is 1. The third-order valence-electron chi connectivity index (χ3n) is 7.91. The van der Waals surface area contributed by atoms with E-state index in [-0.39, 0.29) is 56.2 Å². The summed E-state index contributed by atoms with van der Waals surface area (Å²) < 4.78 is 0. The van der Waals surface area contributed by atoms with E-state index >= 15 is 0 Å². The molecule has 2 heterocycles. The van der Waals surface area contributed by atoms with Gasteiger partial charge < -0.3 is 25.1 Å². The second kappa shape index (κ2) is 13.4. The molecule has 2 saturated heterocycles. The van der Waals surface area contributed by atoms with Gasteiger partial charge in [-0.1, -0.05) is 72.3 Å². The number of carbonyl (C=O) groups is 3. The zero-order valence-corrected chi connectivity index (χ0v) is 25.7. The lowest BCUT2D eigenvalue weighted by Gasteiger charge is -2.55. The van der Waals surface area contributed by atoms with Gasteiger partial charge in [0, 0.05) is 40.2 Å². The molecule has 0 radical (unpaired) electrons. The molecule has 2 aliphatic rings. The fourth-order valence-electron chi connectivity index (χ4n) is 5.95. The number of anilines is 1. The third-order valence-corrected chi connectivity index (χ3v) is 8.21. The summed E-state index contributed by atoms with van der Waals surface area (Å²) in [6, 6.07) is 20.5. The number of nitrogens with one attached hydrogen (secondary N) is 1. The summed E-state index contributed by atoms with van der Waals surface area (Å²) in [5.74, 6) is -0.373. The van der Waals surface area contributed by atoms with Crippen LogP contribution in [0.25, 0.3) is 0 Å². The van der Waals surface area contributed by atoms with E-state index < -0.39 is 12.2 Å². The van der Waals surface area contributed by atoms with Crippen LogP contribution in [0.15, 0.2) is 85.5 Å². The van der Waals surface area contributed by atoms with Crippen molar-refractivity contribution < 1.29 is 19.5 Å². The Hall–Kier alpha value is -4.54. The van der Waals surface area contributed by atoms with Gasteiger partial charge in [-0.3, -0.25) is 9.59 Å². The summed E-state index contributed by atoms with van der Waals surface area (Å²) in [5, 5.41) is 16.6. The maximum atomic E-state index is 14.2. The Morgan fingerprint density at radius 3 is 2.45 bits per heavy atom. The van der Waals surface area contributed by atoms with Gasteiger partial charge in [-0.25, -0.2) is 14.8 Å². The number of fused-ring (bicyclic) bond motifs is 1. The minimum atomic E-state index is -0.872. The Labute approximate surface area is 262 Å². The maximum absolute atomic E-state index is 14.2. The SMILES string of the molecule is C=CCN1CC(=O)N2[C@@H](Cc3ccc(O)cc3)C(=O)N(Cc3cccc(Cl)c3N(C)C)C[C@@H]2N1C(=O)NCc1ccccc1. The Bertz CT molecular complexity index is 1520. The van der Waals surface area contributed by atoms with Crippen molar-refractivity contribution in [2.45, 2.75) is 31.7 Å². The average molecular weight is 617 g/mol. The molecule has 0 unspecified atom stereocenters. The molecule has 2 fully saturated rings. The van der Waals surface area contributed by atoms with E-state index in [1.54, 1.807) is 56.2 Å². The highest BCUT2D eigenvalue weighted by molar-refractivity contribution is 6.33. The van der Waals surface area contributed by atoms with Crippen LogP contribution >= 0.6 is 11.6 Å². The maximum Gasteiger partial charge on any atom is 0.334 e. The molecule has 0 aliphatic carbocycles. The van der Waals surface area contributed by atoms with Gasteiger partial charge in [-0.05, 0) is 34.9 Å². The summed E-state index contributed by atoms with van der Waals surface area (Å²) in [6.07, 6.45) is 1.10. The van der Waals surface area contributed by atoms with Crippen molar-refractivity contribution in [1.82, 2.24) is 25.1 Å². The lowest BCUT2D eigenvalue weighted by atomic mass is 9.98. The molecule has 3 aromatic rings. The highest BCUT2D eigenvalue weighted by Crippen LogP contribution is 2.33. The first kappa shape index (κ1) is 30.9. The molecule has 2 aliphatic heterocycles. The van der Waals surface area contributed by atoms with Crippen LogP contribution in [0.1, 0.15) is 16.7 Å². The van der Waals surface area contributed by atoms with E-state index in [2.05, 4.69) is 11.9 Å². The van der Waals surface area contributed by atoms with E-state index in [4.69, 9.17) is 11.6 Å². The minimum absolute atomic E-state index is 0.0836. The number of aromatic hydroxyl groups is 1. The Balaban J connectivity index is 1.53. The lowest BCUT2D eigenvalue weighted by Crippen LogP contribution is -2.76. The van der Waals surface area contributed by atoms with Crippen LogP contribution in [-0.4, -0.2) is 88.7 Å². The van der Waals surface area contributed by atoms with Crippen molar-refractivity contribution >= 4 is 35.1 Å². The number of para-hydroxylation sites is 1. The number of benzene rings is 3. The molecule has 0 spiro atoms. The van der Waals surface area contributed by atoms with E-state index in [0.29, 0.717) is 11.6 Å². The first-order valence-corrected chi connectivity index (χ1v) is 14.8. The second-order valence-electron chi connectivity index (χ2n) is 11.2. The predicted molar refractivity (Wildman–Crippen MR) is 170 cm³/mol. The van der Waals surface area contributed by atoms with Crippen LogP contribution in [-0.2, 0) is 29.1 Å². The second-order valence-corrected chi connectivity index (χ2v) is 11.6. The molecule has 2 atom stereocenters. The van der Waals surface area contributed by atoms with Crippen molar-refractivity contribution in [3.8, 4) is 5.75 Å².